The van der Waals surface area contributed by atoms with Crippen LogP contribution in [0.4, 0.5) is 21.5 Å². The van der Waals surface area contributed by atoms with Gasteiger partial charge in [-0.25, -0.2) is 4.39 Å². The standard InChI is InChI=1S/C15H23FN4O2/c1-9-12(8-11(17)14(18)13(9)16)19(3)15(21)10(2)20-4-6-22-7-5-20/h8,10H,4-7,17-18H2,1-3H3/t10-/m0/s1. The molecule has 1 fully saturated rings. The Morgan fingerprint density at radius 1 is 1.41 bits per heavy atom. The van der Waals surface area contributed by atoms with Gasteiger partial charge in [0, 0.05) is 25.7 Å². The second kappa shape index (κ2) is 6.50. The lowest BCUT2D eigenvalue weighted by Gasteiger charge is -2.34. The third kappa shape index (κ3) is 3.00. The van der Waals surface area contributed by atoms with Crippen molar-refractivity contribution in [3.63, 3.8) is 0 Å². The van der Waals surface area contributed by atoms with Crippen molar-refractivity contribution in [1.29, 1.82) is 0 Å². The van der Waals surface area contributed by atoms with Crippen molar-refractivity contribution >= 4 is 23.0 Å². The van der Waals surface area contributed by atoms with Gasteiger partial charge in [-0.15, -0.1) is 0 Å². The van der Waals surface area contributed by atoms with Crippen LogP contribution in [0.1, 0.15) is 12.5 Å². The minimum absolute atomic E-state index is 0.0803. The summed E-state index contributed by atoms with van der Waals surface area (Å²) in [6.45, 7) is 6.07. The molecule has 0 bridgehead atoms. The Bertz CT molecular complexity index is 573. The van der Waals surface area contributed by atoms with Crippen molar-refractivity contribution < 1.29 is 13.9 Å². The minimum atomic E-state index is -0.575. The van der Waals surface area contributed by atoms with Crippen LogP contribution < -0.4 is 16.4 Å². The fraction of sp³-hybridized carbons (Fsp3) is 0.533. The number of amides is 1. The first-order chi connectivity index (χ1) is 10.3. The Morgan fingerprint density at radius 2 is 2.00 bits per heavy atom. The number of likely N-dealkylation sites (N-methyl/N-ethyl adjacent to an activating group) is 1. The first-order valence-corrected chi connectivity index (χ1v) is 7.28. The predicted octanol–water partition coefficient (Wildman–Crippen LogP) is 0.982. The molecule has 1 aliphatic rings. The highest BCUT2D eigenvalue weighted by Gasteiger charge is 2.27. The fourth-order valence-corrected chi connectivity index (χ4v) is 2.64. The number of nitrogens with two attached hydrogens (primary N) is 2. The molecule has 7 heteroatoms. The van der Waals surface area contributed by atoms with Crippen LogP contribution in [0, 0.1) is 12.7 Å². The number of hydrogen-bond acceptors (Lipinski definition) is 5. The van der Waals surface area contributed by atoms with Gasteiger partial charge in [-0.05, 0) is 19.9 Å². The Labute approximate surface area is 129 Å². The van der Waals surface area contributed by atoms with Gasteiger partial charge in [-0.1, -0.05) is 0 Å². The van der Waals surface area contributed by atoms with E-state index < -0.39 is 5.82 Å². The van der Waals surface area contributed by atoms with Crippen LogP contribution >= 0.6 is 0 Å². The van der Waals surface area contributed by atoms with Crippen LogP contribution in [0.2, 0.25) is 0 Å². The van der Waals surface area contributed by atoms with Gasteiger partial charge in [0.2, 0.25) is 5.91 Å². The molecule has 1 aromatic rings. The number of hydrogen-bond donors (Lipinski definition) is 2. The molecule has 1 saturated heterocycles. The van der Waals surface area contributed by atoms with Gasteiger partial charge in [0.25, 0.3) is 0 Å². The molecule has 2 rings (SSSR count). The van der Waals surface area contributed by atoms with Crippen molar-refractivity contribution in [3.8, 4) is 0 Å². The summed E-state index contributed by atoms with van der Waals surface area (Å²) in [5, 5.41) is 0. The summed E-state index contributed by atoms with van der Waals surface area (Å²) in [6.07, 6.45) is 0. The molecular weight excluding hydrogens is 287 g/mol. The summed E-state index contributed by atoms with van der Waals surface area (Å²) in [5.74, 6) is -0.692. The summed E-state index contributed by atoms with van der Waals surface area (Å²) in [7, 11) is 1.62. The maximum absolute atomic E-state index is 14.1. The normalized spacial score (nSPS) is 17.3. The van der Waals surface area contributed by atoms with Crippen molar-refractivity contribution in [2.75, 3.05) is 49.7 Å². The summed E-state index contributed by atoms with van der Waals surface area (Å²) in [6, 6.07) is 1.23. The van der Waals surface area contributed by atoms with Crippen LogP contribution in [0.25, 0.3) is 0 Å². The number of carbonyl (C=O) groups is 1. The monoisotopic (exact) mass is 310 g/mol. The number of benzene rings is 1. The van der Waals surface area contributed by atoms with Crippen molar-refractivity contribution in [3.05, 3.63) is 17.4 Å². The number of anilines is 3. The second-order valence-electron chi connectivity index (χ2n) is 5.56. The van der Waals surface area contributed by atoms with Crippen LogP contribution in [0.3, 0.4) is 0 Å². The van der Waals surface area contributed by atoms with E-state index in [1.807, 2.05) is 6.92 Å². The van der Waals surface area contributed by atoms with Gasteiger partial charge < -0.3 is 21.1 Å². The third-order valence-electron chi connectivity index (χ3n) is 4.20. The van der Waals surface area contributed by atoms with Crippen LogP contribution in [-0.4, -0.2) is 50.2 Å². The highest BCUT2D eigenvalue weighted by molar-refractivity contribution is 5.98. The number of morpholine rings is 1. The molecular formula is C15H23FN4O2. The fourth-order valence-electron chi connectivity index (χ4n) is 2.64. The molecule has 22 heavy (non-hydrogen) atoms. The average molecular weight is 310 g/mol. The van der Waals surface area contributed by atoms with Gasteiger partial charge in [0.15, 0.2) is 5.82 Å². The Hall–Kier alpha value is -1.86. The van der Waals surface area contributed by atoms with E-state index in [2.05, 4.69) is 4.90 Å². The molecule has 1 aliphatic heterocycles. The van der Waals surface area contributed by atoms with E-state index in [-0.39, 0.29) is 23.3 Å². The van der Waals surface area contributed by atoms with E-state index in [1.54, 1.807) is 14.0 Å². The molecule has 0 aliphatic carbocycles. The molecule has 1 amide bonds. The first kappa shape index (κ1) is 16.5. The lowest BCUT2D eigenvalue weighted by molar-refractivity contribution is -0.124. The van der Waals surface area contributed by atoms with E-state index in [0.717, 1.165) is 0 Å². The summed E-state index contributed by atoms with van der Waals surface area (Å²) >= 11 is 0. The maximum Gasteiger partial charge on any atom is 0.243 e. The van der Waals surface area contributed by atoms with E-state index in [4.69, 9.17) is 16.2 Å². The number of nitrogen functional groups attached to an aromatic ring is 2. The zero-order chi connectivity index (χ0) is 16.4. The molecule has 1 atom stereocenters. The van der Waals surface area contributed by atoms with Gasteiger partial charge in [-0.3, -0.25) is 9.69 Å². The molecule has 1 aromatic carbocycles. The van der Waals surface area contributed by atoms with Crippen LogP contribution in [0.5, 0.6) is 0 Å². The molecule has 0 unspecified atom stereocenters. The van der Waals surface area contributed by atoms with Gasteiger partial charge in [0.05, 0.1) is 36.3 Å². The highest BCUT2D eigenvalue weighted by atomic mass is 19.1. The zero-order valence-corrected chi connectivity index (χ0v) is 13.2. The van der Waals surface area contributed by atoms with Crippen molar-refractivity contribution in [2.45, 2.75) is 19.9 Å². The molecule has 0 saturated carbocycles. The molecule has 6 nitrogen and oxygen atoms in total. The molecule has 0 aromatic heterocycles. The highest BCUT2D eigenvalue weighted by Crippen LogP contribution is 2.31. The summed E-state index contributed by atoms with van der Waals surface area (Å²) < 4.78 is 19.4. The van der Waals surface area contributed by atoms with Crippen LogP contribution in [0.15, 0.2) is 6.07 Å². The van der Waals surface area contributed by atoms with E-state index in [1.165, 1.54) is 11.0 Å². The topological polar surface area (TPSA) is 84.8 Å². The van der Waals surface area contributed by atoms with E-state index in [9.17, 15) is 9.18 Å². The Kier molecular flexibility index (Phi) is 4.87. The molecule has 1 heterocycles. The number of nitrogens with zero attached hydrogens (tertiary/aromatic N) is 2. The number of carbonyl (C=O) groups excluding carboxylic acids is 1. The lowest BCUT2D eigenvalue weighted by Crippen LogP contribution is -2.50. The Morgan fingerprint density at radius 3 is 2.59 bits per heavy atom. The predicted molar refractivity (Wildman–Crippen MR) is 85.2 cm³/mol. The van der Waals surface area contributed by atoms with Crippen molar-refractivity contribution in [2.24, 2.45) is 0 Å². The largest absolute Gasteiger partial charge is 0.397 e. The van der Waals surface area contributed by atoms with E-state index >= 15 is 0 Å². The summed E-state index contributed by atoms with van der Waals surface area (Å²) in [5.41, 5.74) is 12.1. The first-order valence-electron chi connectivity index (χ1n) is 7.28. The van der Waals surface area contributed by atoms with E-state index in [0.29, 0.717) is 37.6 Å². The van der Waals surface area contributed by atoms with Gasteiger partial charge in [0.1, 0.15) is 0 Å². The SMILES string of the molecule is Cc1c(N(C)C(=O)[C@H](C)N2CCOCC2)cc(N)c(N)c1F. The molecule has 0 radical (unpaired) electrons. The van der Waals surface area contributed by atoms with Crippen LogP contribution in [-0.2, 0) is 9.53 Å². The lowest BCUT2D eigenvalue weighted by atomic mass is 10.1. The molecule has 0 spiro atoms. The van der Waals surface area contributed by atoms with Crippen molar-refractivity contribution in [1.82, 2.24) is 4.90 Å². The smallest absolute Gasteiger partial charge is 0.243 e. The summed E-state index contributed by atoms with van der Waals surface area (Å²) in [4.78, 5) is 16.1. The average Bonchev–Trinajstić information content (AvgIpc) is 2.55. The Balaban J connectivity index is 2.23. The van der Waals surface area contributed by atoms with Gasteiger partial charge in [-0.2, -0.15) is 0 Å². The molecule has 4 N–H and O–H groups in total. The zero-order valence-electron chi connectivity index (χ0n) is 13.2. The third-order valence-corrected chi connectivity index (χ3v) is 4.20. The quantitative estimate of drug-likeness (QED) is 0.813. The number of halogens is 1. The second-order valence-corrected chi connectivity index (χ2v) is 5.56. The molecule has 122 valence electrons. The maximum atomic E-state index is 14.1. The minimum Gasteiger partial charge on any atom is -0.397 e. The number of rotatable bonds is 3. The van der Waals surface area contributed by atoms with Gasteiger partial charge >= 0.3 is 0 Å². The number of ether oxygens (including phenoxy) is 1.